The molecule has 1 aliphatic heterocycles. The van der Waals surface area contributed by atoms with Gasteiger partial charge in [0.1, 0.15) is 23.5 Å². The van der Waals surface area contributed by atoms with Crippen molar-refractivity contribution in [3.05, 3.63) is 69.5 Å². The van der Waals surface area contributed by atoms with Crippen LogP contribution in [0.15, 0.2) is 46.9 Å². The lowest BCUT2D eigenvalue weighted by Gasteiger charge is -2.35. The number of hydrogen-bond acceptors (Lipinski definition) is 7. The van der Waals surface area contributed by atoms with E-state index in [-0.39, 0.29) is 30.3 Å². The molecule has 226 valence electrons. The number of nitro benzene ring substituents is 1. The van der Waals surface area contributed by atoms with Gasteiger partial charge >= 0.3 is 6.18 Å². The van der Waals surface area contributed by atoms with Crippen molar-refractivity contribution in [2.24, 2.45) is 0 Å². The van der Waals surface area contributed by atoms with E-state index in [9.17, 15) is 28.1 Å². The second-order valence-electron chi connectivity index (χ2n) is 11.1. The molecule has 42 heavy (non-hydrogen) atoms. The molecule has 3 aromatic rings. The van der Waals surface area contributed by atoms with Gasteiger partial charge in [0.2, 0.25) is 5.91 Å². The number of piperazine rings is 1. The normalized spacial score (nSPS) is 20.1. The fraction of sp³-hybridized carbons (Fsp3) is 0.500. The van der Waals surface area contributed by atoms with E-state index in [4.69, 9.17) is 9.15 Å². The van der Waals surface area contributed by atoms with E-state index in [1.165, 1.54) is 11.6 Å². The Morgan fingerprint density at radius 2 is 1.81 bits per heavy atom. The highest BCUT2D eigenvalue weighted by molar-refractivity contribution is 5.78. The number of rotatable bonds is 9. The zero-order valence-corrected chi connectivity index (χ0v) is 23.5. The van der Waals surface area contributed by atoms with Gasteiger partial charge in [0.05, 0.1) is 11.0 Å². The standard InChI is InChI=1S/C30H35F3N4O5/c1-20-2-9-28-21(16-20)17-25(42-28)10-11-35-12-14-36(15-13-35)29(38)19-41-24-6-3-22(4-7-24)34-23-5-8-27(37(39)40)26(18-23)30(31,32)33/h2,5,8-9,16-18,22,24,34H,3-4,6-7,10-15,19H2,1H3/t22-,24-. The maximum Gasteiger partial charge on any atom is 0.423 e. The first kappa shape index (κ1) is 29.8. The molecular weight excluding hydrogens is 553 g/mol. The molecule has 2 aromatic carbocycles. The largest absolute Gasteiger partial charge is 0.461 e. The second-order valence-corrected chi connectivity index (χ2v) is 11.1. The number of aryl methyl sites for hydroxylation is 1. The summed E-state index contributed by atoms with van der Waals surface area (Å²) in [6.45, 7) is 5.82. The highest BCUT2D eigenvalue weighted by Crippen LogP contribution is 2.38. The molecule has 0 atom stereocenters. The second kappa shape index (κ2) is 12.7. The minimum absolute atomic E-state index is 0.0124. The lowest BCUT2D eigenvalue weighted by Crippen LogP contribution is -2.50. The Morgan fingerprint density at radius 1 is 1.07 bits per heavy atom. The number of fused-ring (bicyclic) bond motifs is 1. The summed E-state index contributed by atoms with van der Waals surface area (Å²) >= 11 is 0. The van der Waals surface area contributed by atoms with Crippen LogP contribution in [0.3, 0.4) is 0 Å². The van der Waals surface area contributed by atoms with Crippen molar-refractivity contribution in [1.29, 1.82) is 0 Å². The summed E-state index contributed by atoms with van der Waals surface area (Å²) in [5, 5.41) is 15.2. The van der Waals surface area contributed by atoms with Gasteiger partial charge in [-0.3, -0.25) is 19.8 Å². The van der Waals surface area contributed by atoms with Crippen molar-refractivity contribution in [3.8, 4) is 0 Å². The van der Waals surface area contributed by atoms with Gasteiger partial charge in [0.25, 0.3) is 5.69 Å². The molecule has 0 spiro atoms. The summed E-state index contributed by atoms with van der Waals surface area (Å²) in [5.74, 6) is 0.930. The number of furan rings is 1. The van der Waals surface area contributed by atoms with Crippen LogP contribution in [0, 0.1) is 17.0 Å². The quantitative estimate of drug-likeness (QED) is 0.249. The highest BCUT2D eigenvalue weighted by atomic mass is 19.4. The van der Waals surface area contributed by atoms with E-state index in [0.717, 1.165) is 54.9 Å². The lowest BCUT2D eigenvalue weighted by atomic mass is 9.92. The van der Waals surface area contributed by atoms with Gasteiger partial charge in [-0.25, -0.2) is 0 Å². The number of amides is 1. The third-order valence-electron chi connectivity index (χ3n) is 8.11. The third-order valence-corrected chi connectivity index (χ3v) is 8.11. The zero-order valence-electron chi connectivity index (χ0n) is 23.5. The molecule has 2 heterocycles. The number of nitrogens with one attached hydrogen (secondary N) is 1. The fourth-order valence-electron chi connectivity index (χ4n) is 5.73. The Bertz CT molecular complexity index is 1410. The summed E-state index contributed by atoms with van der Waals surface area (Å²) in [6, 6.07) is 11.2. The maximum absolute atomic E-state index is 13.3. The first-order valence-corrected chi connectivity index (χ1v) is 14.3. The van der Waals surface area contributed by atoms with Crippen LogP contribution in [0.1, 0.15) is 42.6 Å². The van der Waals surface area contributed by atoms with Crippen molar-refractivity contribution in [2.75, 3.05) is 44.6 Å². The SMILES string of the molecule is Cc1ccc2oc(CCN3CCN(C(=O)CO[C@H]4CC[C@H](Nc5ccc([N+](=O)[O-])c(C(F)(F)F)c5)CC4)CC3)cc2c1. The van der Waals surface area contributed by atoms with Gasteiger partial charge in [-0.1, -0.05) is 11.6 Å². The van der Waals surface area contributed by atoms with Gasteiger partial charge < -0.3 is 19.4 Å². The number of alkyl halides is 3. The fourth-order valence-corrected chi connectivity index (χ4v) is 5.73. The number of halogens is 3. The number of anilines is 1. The van der Waals surface area contributed by atoms with E-state index in [1.54, 1.807) is 0 Å². The molecule has 0 radical (unpaired) electrons. The van der Waals surface area contributed by atoms with E-state index in [2.05, 4.69) is 29.3 Å². The molecule has 1 aromatic heterocycles. The molecule has 1 saturated heterocycles. The van der Waals surface area contributed by atoms with Crippen LogP contribution < -0.4 is 5.32 Å². The van der Waals surface area contributed by atoms with E-state index in [0.29, 0.717) is 38.8 Å². The predicted octanol–water partition coefficient (Wildman–Crippen LogP) is 5.79. The molecule has 1 aliphatic carbocycles. The molecular formula is C30H35F3N4O5. The van der Waals surface area contributed by atoms with Gasteiger partial charge in [0.15, 0.2) is 0 Å². The third kappa shape index (κ3) is 7.40. The van der Waals surface area contributed by atoms with Crippen molar-refractivity contribution in [2.45, 2.75) is 57.3 Å². The molecule has 12 heteroatoms. The van der Waals surface area contributed by atoms with Crippen LogP contribution in [0.25, 0.3) is 11.0 Å². The summed E-state index contributed by atoms with van der Waals surface area (Å²) in [4.78, 5) is 26.9. The summed E-state index contributed by atoms with van der Waals surface area (Å²) < 4.78 is 51.7. The smallest absolute Gasteiger partial charge is 0.423 e. The van der Waals surface area contributed by atoms with Crippen LogP contribution in [0.5, 0.6) is 0 Å². The summed E-state index contributed by atoms with van der Waals surface area (Å²) in [7, 11) is 0. The molecule has 1 amide bonds. The van der Waals surface area contributed by atoms with Crippen molar-refractivity contribution in [1.82, 2.24) is 9.80 Å². The molecule has 5 rings (SSSR count). The Hall–Kier alpha value is -3.64. The predicted molar refractivity (Wildman–Crippen MR) is 151 cm³/mol. The van der Waals surface area contributed by atoms with Crippen LogP contribution >= 0.6 is 0 Å². The average molecular weight is 589 g/mol. The summed E-state index contributed by atoms with van der Waals surface area (Å²) in [5.41, 5.74) is 0.0677. The van der Waals surface area contributed by atoms with Gasteiger partial charge in [-0.2, -0.15) is 13.2 Å². The molecule has 1 N–H and O–H groups in total. The number of benzene rings is 2. The number of nitrogens with zero attached hydrogens (tertiary/aromatic N) is 3. The number of nitro groups is 1. The Kier molecular flexibility index (Phi) is 9.02. The number of hydrogen-bond donors (Lipinski definition) is 1. The lowest BCUT2D eigenvalue weighted by molar-refractivity contribution is -0.388. The highest BCUT2D eigenvalue weighted by Gasteiger charge is 2.38. The van der Waals surface area contributed by atoms with E-state index >= 15 is 0 Å². The minimum atomic E-state index is -4.82. The Labute approximate surface area is 241 Å². The topological polar surface area (TPSA) is 101 Å². The molecule has 2 aliphatic rings. The molecule has 2 fully saturated rings. The number of carbonyl (C=O) groups excluding carboxylic acids is 1. The number of carbonyl (C=O) groups is 1. The van der Waals surface area contributed by atoms with Gasteiger partial charge in [-0.15, -0.1) is 0 Å². The molecule has 1 saturated carbocycles. The first-order chi connectivity index (χ1) is 20.0. The Balaban J connectivity index is 1.00. The van der Waals surface area contributed by atoms with Gasteiger partial charge in [0, 0.05) is 62.3 Å². The van der Waals surface area contributed by atoms with Crippen molar-refractivity contribution >= 4 is 28.3 Å². The molecule has 9 nitrogen and oxygen atoms in total. The van der Waals surface area contributed by atoms with Crippen LogP contribution in [0.2, 0.25) is 0 Å². The minimum Gasteiger partial charge on any atom is -0.461 e. The molecule has 0 bridgehead atoms. The Morgan fingerprint density at radius 3 is 2.50 bits per heavy atom. The van der Waals surface area contributed by atoms with Gasteiger partial charge in [-0.05, 0) is 62.9 Å². The molecule has 0 unspecified atom stereocenters. The first-order valence-electron chi connectivity index (χ1n) is 14.3. The van der Waals surface area contributed by atoms with Crippen LogP contribution in [-0.4, -0.2) is 72.1 Å². The average Bonchev–Trinajstić information content (AvgIpc) is 3.37. The van der Waals surface area contributed by atoms with Crippen molar-refractivity contribution in [3.63, 3.8) is 0 Å². The van der Waals surface area contributed by atoms with Crippen molar-refractivity contribution < 1.29 is 32.0 Å². The van der Waals surface area contributed by atoms with E-state index < -0.39 is 22.4 Å². The van der Waals surface area contributed by atoms with Crippen LogP contribution in [-0.2, 0) is 22.1 Å². The maximum atomic E-state index is 13.3. The monoisotopic (exact) mass is 588 g/mol. The zero-order chi connectivity index (χ0) is 29.9. The summed E-state index contributed by atoms with van der Waals surface area (Å²) in [6.07, 6.45) is -1.46. The van der Waals surface area contributed by atoms with E-state index in [1.807, 2.05) is 17.0 Å². The van der Waals surface area contributed by atoms with Crippen LogP contribution in [0.4, 0.5) is 24.5 Å². The number of ether oxygens (including phenoxy) is 1.